The minimum absolute atomic E-state index is 0.131. The molecule has 0 saturated heterocycles. The fourth-order valence-corrected chi connectivity index (χ4v) is 2.24. The summed E-state index contributed by atoms with van der Waals surface area (Å²) in [4.78, 5) is 5.76. The highest BCUT2D eigenvalue weighted by Gasteiger charge is 2.21. The van der Waals surface area contributed by atoms with Crippen molar-refractivity contribution in [2.24, 2.45) is 5.73 Å². The molecule has 2 rings (SSSR count). The molecule has 0 amide bonds. The Labute approximate surface area is 104 Å². The number of hydrogen-bond acceptors (Lipinski definition) is 3. The van der Waals surface area contributed by atoms with Gasteiger partial charge in [-0.15, -0.1) is 0 Å². The van der Waals surface area contributed by atoms with Crippen molar-refractivity contribution in [1.29, 1.82) is 5.41 Å². The Morgan fingerprint density at radius 1 is 1.56 bits per heavy atom. The van der Waals surface area contributed by atoms with Crippen LogP contribution in [0.25, 0.3) is 0 Å². The number of amidine groups is 1. The monoisotopic (exact) mass is 254 g/mol. The number of aromatic nitrogens is 1. The lowest BCUT2D eigenvalue weighted by atomic mass is 10.1. The lowest BCUT2D eigenvalue weighted by Crippen LogP contribution is -2.28. The van der Waals surface area contributed by atoms with Crippen molar-refractivity contribution in [3.05, 3.63) is 22.9 Å². The zero-order valence-corrected chi connectivity index (χ0v) is 10.2. The van der Waals surface area contributed by atoms with Gasteiger partial charge in [0.1, 0.15) is 11.7 Å². The van der Waals surface area contributed by atoms with E-state index in [1.807, 2.05) is 6.07 Å². The van der Waals surface area contributed by atoms with Crippen LogP contribution in [-0.2, 0) is 12.8 Å². The molecule has 1 heterocycles. The molecule has 0 aliphatic heterocycles. The van der Waals surface area contributed by atoms with Crippen LogP contribution in [-0.4, -0.2) is 30.8 Å². The van der Waals surface area contributed by atoms with E-state index in [9.17, 15) is 8.78 Å². The first-order chi connectivity index (χ1) is 8.49. The van der Waals surface area contributed by atoms with Crippen LogP contribution in [0.3, 0.4) is 0 Å². The largest absolute Gasteiger partial charge is 0.384 e. The maximum absolute atomic E-state index is 12.4. The fourth-order valence-electron chi connectivity index (χ4n) is 2.24. The van der Waals surface area contributed by atoms with Gasteiger partial charge in [0.25, 0.3) is 6.43 Å². The molecular formula is C12H16F2N4. The highest BCUT2D eigenvalue weighted by molar-refractivity contribution is 5.99. The summed E-state index contributed by atoms with van der Waals surface area (Å²) in [5, 5.41) is 7.54. The topological polar surface area (TPSA) is 66.0 Å². The number of halogens is 2. The lowest BCUT2D eigenvalue weighted by Gasteiger charge is -2.21. The Balaban J connectivity index is 2.41. The van der Waals surface area contributed by atoms with Crippen molar-refractivity contribution in [2.75, 3.05) is 18.5 Å². The average Bonchev–Trinajstić information content (AvgIpc) is 2.72. The highest BCUT2D eigenvalue weighted by atomic mass is 19.3. The predicted octanol–water partition coefficient (Wildman–Crippen LogP) is 1.56. The molecule has 0 fully saturated rings. The molecule has 1 aromatic rings. The smallest absolute Gasteiger partial charge is 0.255 e. The average molecular weight is 254 g/mol. The Bertz CT molecular complexity index is 473. The minimum atomic E-state index is -2.44. The van der Waals surface area contributed by atoms with E-state index in [0.717, 1.165) is 30.5 Å². The summed E-state index contributed by atoms with van der Waals surface area (Å²) in [6, 6.07) is 1.81. The third-order valence-electron chi connectivity index (χ3n) is 3.09. The number of nitrogens with zero attached hydrogens (tertiary/aromatic N) is 2. The van der Waals surface area contributed by atoms with Crippen LogP contribution in [0, 0.1) is 5.41 Å². The molecule has 3 N–H and O–H groups in total. The Morgan fingerprint density at radius 3 is 2.89 bits per heavy atom. The fraction of sp³-hybridized carbons (Fsp3) is 0.500. The molecule has 0 aromatic carbocycles. The van der Waals surface area contributed by atoms with E-state index in [1.54, 1.807) is 7.05 Å². The first-order valence-electron chi connectivity index (χ1n) is 5.85. The second-order valence-corrected chi connectivity index (χ2v) is 4.50. The van der Waals surface area contributed by atoms with E-state index in [0.29, 0.717) is 11.4 Å². The van der Waals surface area contributed by atoms with Gasteiger partial charge < -0.3 is 10.6 Å². The second kappa shape index (κ2) is 4.88. The molecule has 1 aliphatic carbocycles. The van der Waals surface area contributed by atoms with E-state index in [-0.39, 0.29) is 5.84 Å². The van der Waals surface area contributed by atoms with Crippen LogP contribution >= 0.6 is 0 Å². The molecule has 0 radical (unpaired) electrons. The number of pyridine rings is 1. The van der Waals surface area contributed by atoms with E-state index in [4.69, 9.17) is 11.1 Å². The van der Waals surface area contributed by atoms with Crippen LogP contribution < -0.4 is 10.6 Å². The minimum Gasteiger partial charge on any atom is -0.384 e. The Morgan fingerprint density at radius 2 is 2.28 bits per heavy atom. The van der Waals surface area contributed by atoms with Gasteiger partial charge in [0.15, 0.2) is 0 Å². The number of hydrogen-bond donors (Lipinski definition) is 2. The Hall–Kier alpha value is -1.72. The maximum atomic E-state index is 12.4. The van der Waals surface area contributed by atoms with Crippen molar-refractivity contribution in [3.63, 3.8) is 0 Å². The van der Waals surface area contributed by atoms with E-state index >= 15 is 0 Å². The highest BCUT2D eigenvalue weighted by Crippen LogP contribution is 2.27. The van der Waals surface area contributed by atoms with Gasteiger partial charge in [0.05, 0.1) is 12.1 Å². The summed E-state index contributed by atoms with van der Waals surface area (Å²) in [6.45, 7) is -0.411. The number of anilines is 1. The molecule has 0 saturated carbocycles. The number of rotatable bonds is 4. The molecule has 6 heteroatoms. The summed E-state index contributed by atoms with van der Waals surface area (Å²) in [7, 11) is 1.54. The van der Waals surface area contributed by atoms with Gasteiger partial charge >= 0.3 is 0 Å². The third-order valence-corrected chi connectivity index (χ3v) is 3.09. The van der Waals surface area contributed by atoms with Crippen molar-refractivity contribution in [2.45, 2.75) is 25.7 Å². The number of nitrogens with two attached hydrogens (primary N) is 1. The molecule has 98 valence electrons. The first-order valence-corrected chi connectivity index (χ1v) is 5.85. The van der Waals surface area contributed by atoms with E-state index < -0.39 is 13.0 Å². The van der Waals surface area contributed by atoms with Crippen LogP contribution in [0.4, 0.5) is 14.6 Å². The predicted molar refractivity (Wildman–Crippen MR) is 66.6 cm³/mol. The van der Waals surface area contributed by atoms with Gasteiger partial charge in [-0.25, -0.2) is 13.8 Å². The first kappa shape index (κ1) is 12.7. The third kappa shape index (κ3) is 2.42. The second-order valence-electron chi connectivity index (χ2n) is 4.50. The number of nitrogen functional groups attached to an aromatic ring is 1. The van der Waals surface area contributed by atoms with Gasteiger partial charge in [-0.05, 0) is 30.9 Å². The van der Waals surface area contributed by atoms with Gasteiger partial charge in [0.2, 0.25) is 0 Å². The summed E-state index contributed by atoms with van der Waals surface area (Å²) in [5.41, 5.74) is 7.97. The van der Waals surface area contributed by atoms with Crippen LogP contribution in [0.5, 0.6) is 0 Å². The quantitative estimate of drug-likeness (QED) is 0.633. The van der Waals surface area contributed by atoms with Gasteiger partial charge in [0, 0.05) is 12.7 Å². The molecule has 1 aliphatic rings. The van der Waals surface area contributed by atoms with Crippen LogP contribution in [0.1, 0.15) is 23.2 Å². The van der Waals surface area contributed by atoms with Gasteiger partial charge in [-0.3, -0.25) is 5.41 Å². The molecule has 0 atom stereocenters. The summed E-state index contributed by atoms with van der Waals surface area (Å²) >= 11 is 0. The van der Waals surface area contributed by atoms with E-state index in [2.05, 4.69) is 4.98 Å². The summed E-state index contributed by atoms with van der Waals surface area (Å²) in [5.74, 6) is 0.247. The van der Waals surface area contributed by atoms with Crippen molar-refractivity contribution in [1.82, 2.24) is 4.98 Å². The normalized spacial score (nSPS) is 13.8. The molecular weight excluding hydrogens is 238 g/mol. The lowest BCUT2D eigenvalue weighted by molar-refractivity contribution is 0.156. The molecule has 0 bridgehead atoms. The van der Waals surface area contributed by atoms with Crippen molar-refractivity contribution in [3.8, 4) is 0 Å². The van der Waals surface area contributed by atoms with Crippen molar-refractivity contribution >= 4 is 11.7 Å². The Kier molecular flexibility index (Phi) is 3.45. The number of aryl methyl sites for hydroxylation is 2. The van der Waals surface area contributed by atoms with Crippen molar-refractivity contribution < 1.29 is 8.78 Å². The molecule has 0 spiro atoms. The van der Waals surface area contributed by atoms with E-state index in [1.165, 1.54) is 4.90 Å². The number of nitrogens with one attached hydrogen (secondary N) is 1. The summed E-state index contributed by atoms with van der Waals surface area (Å²) in [6.07, 6.45) is 0.358. The number of alkyl halides is 2. The zero-order valence-electron chi connectivity index (χ0n) is 10.2. The van der Waals surface area contributed by atoms with Gasteiger partial charge in [-0.2, -0.15) is 0 Å². The number of fused-ring (bicyclic) bond motifs is 1. The van der Waals surface area contributed by atoms with Crippen LogP contribution in [0.15, 0.2) is 6.07 Å². The standard InChI is InChI=1S/C12H16F2N4/c1-18(6-10(13)14)12-8(11(15)16)5-7-3-2-4-9(7)17-12/h5,10H,2-4,6H2,1H3,(H3,15,16). The molecule has 4 nitrogen and oxygen atoms in total. The summed E-state index contributed by atoms with van der Waals surface area (Å²) < 4.78 is 24.8. The molecule has 1 aromatic heterocycles. The SMILES string of the molecule is CN(CC(F)F)c1nc2c(cc1C(=N)N)CCC2. The molecule has 0 unspecified atom stereocenters. The van der Waals surface area contributed by atoms with Gasteiger partial charge in [-0.1, -0.05) is 0 Å². The zero-order chi connectivity index (χ0) is 13.3. The molecule has 18 heavy (non-hydrogen) atoms. The van der Waals surface area contributed by atoms with Crippen LogP contribution in [0.2, 0.25) is 0 Å². The maximum Gasteiger partial charge on any atom is 0.255 e.